The van der Waals surface area contributed by atoms with Crippen LogP contribution in [-0.4, -0.2) is 19.2 Å². The molecule has 1 aliphatic heterocycles. The van der Waals surface area contributed by atoms with Gasteiger partial charge in [0.1, 0.15) is 6.17 Å². The molecule has 0 saturated carbocycles. The van der Waals surface area contributed by atoms with Crippen LogP contribution in [0.15, 0.2) is 36.6 Å². The van der Waals surface area contributed by atoms with Crippen LogP contribution in [0.2, 0.25) is 0 Å². The van der Waals surface area contributed by atoms with Crippen molar-refractivity contribution in [1.82, 2.24) is 0 Å². The van der Waals surface area contributed by atoms with E-state index in [1.807, 2.05) is 0 Å². The smallest absolute Gasteiger partial charge is 0.337 e. The highest BCUT2D eigenvalue weighted by Crippen LogP contribution is 2.39. The van der Waals surface area contributed by atoms with Gasteiger partial charge in [-0.1, -0.05) is 31.5 Å². The van der Waals surface area contributed by atoms with Crippen molar-refractivity contribution in [2.24, 2.45) is 5.92 Å². The number of rotatable bonds is 4. The summed E-state index contributed by atoms with van der Waals surface area (Å²) >= 11 is 0. The minimum atomic E-state index is -3.08. The highest BCUT2D eigenvalue weighted by Gasteiger charge is 2.34. The summed E-state index contributed by atoms with van der Waals surface area (Å²) in [5, 5.41) is 0. The van der Waals surface area contributed by atoms with Crippen molar-refractivity contribution in [2.45, 2.75) is 54.5 Å². The molecular formula is C25H32N2O2. The third-order valence-corrected chi connectivity index (χ3v) is 4.80. The lowest BCUT2D eigenvalue weighted by atomic mass is 9.99. The molecule has 4 heteroatoms. The van der Waals surface area contributed by atoms with Gasteiger partial charge in [-0.2, -0.15) is 0 Å². The van der Waals surface area contributed by atoms with Gasteiger partial charge in [0, 0.05) is 32.0 Å². The average molecular weight is 406 g/mol. The largest absolute Gasteiger partial charge is 0.465 e. The Morgan fingerprint density at radius 1 is 0.966 bits per heavy atom. The third-order valence-electron chi connectivity index (χ3n) is 4.80. The van der Waals surface area contributed by atoms with E-state index in [1.165, 1.54) is 38.1 Å². The molecule has 0 N–H and O–H groups in total. The number of methoxy groups -OCH3 is 1. The summed E-state index contributed by atoms with van der Waals surface area (Å²) in [5.41, 5.74) is -1.28. The molecule has 1 atom stereocenters. The number of benzene rings is 2. The molecule has 29 heavy (non-hydrogen) atoms. The van der Waals surface area contributed by atoms with E-state index in [1.54, 1.807) is 18.7 Å². The van der Waals surface area contributed by atoms with Crippen LogP contribution in [0, 0.1) is 40.4 Å². The lowest BCUT2D eigenvalue weighted by Crippen LogP contribution is -2.44. The predicted octanol–water partition coefficient (Wildman–Crippen LogP) is 5.80. The maximum Gasteiger partial charge on any atom is 0.337 e. The molecule has 0 radical (unpaired) electrons. The highest BCUT2D eigenvalue weighted by molar-refractivity contribution is 5.91. The Hall–Kier alpha value is -2.75. The van der Waals surface area contributed by atoms with E-state index in [0.29, 0.717) is 5.69 Å². The molecule has 2 aromatic rings. The summed E-state index contributed by atoms with van der Waals surface area (Å²) in [7, 11) is -3.08. The summed E-state index contributed by atoms with van der Waals surface area (Å²) in [6.07, 6.45) is 2.10. The zero-order valence-corrected chi connectivity index (χ0v) is 17.0. The summed E-state index contributed by atoms with van der Waals surface area (Å²) in [6.45, 7) is 2.09. The van der Waals surface area contributed by atoms with E-state index in [0.717, 1.165) is 0 Å². The third kappa shape index (κ3) is 3.76. The van der Waals surface area contributed by atoms with E-state index >= 15 is 0 Å². The number of ether oxygens (including phenoxy) is 1. The van der Waals surface area contributed by atoms with Crippen LogP contribution < -0.4 is 9.80 Å². The number of hydrogen-bond acceptors (Lipinski definition) is 4. The zero-order valence-electron chi connectivity index (χ0n) is 30.0. The number of hydrogen-bond donors (Lipinski definition) is 0. The summed E-state index contributed by atoms with van der Waals surface area (Å²) in [6, 6.07) is -1.81. The second kappa shape index (κ2) is 7.94. The Bertz CT molecular complexity index is 1390. The molecule has 4 nitrogen and oxygen atoms in total. The first kappa shape index (κ1) is 9.84. The number of anilines is 2. The van der Waals surface area contributed by atoms with Crippen molar-refractivity contribution in [1.29, 1.82) is 0 Å². The molecule has 0 spiro atoms. The fourth-order valence-corrected chi connectivity index (χ4v) is 3.76. The van der Waals surface area contributed by atoms with Gasteiger partial charge in [-0.3, -0.25) is 0 Å². The van der Waals surface area contributed by atoms with Gasteiger partial charge in [-0.25, -0.2) is 4.79 Å². The van der Waals surface area contributed by atoms with Gasteiger partial charge in [0.05, 0.1) is 22.2 Å². The SMILES string of the molecule is [2H]c1c(C)c(N2C=CN(c3c(C([2H])([2H])[2H])c([2H])c(C)c([2H])c3C([2H])([2H])[2H])C2C(C)C)c(C)c([2H])c1C(=O)OC([2H])([2H])[2H]. The quantitative estimate of drug-likeness (QED) is 0.602. The van der Waals surface area contributed by atoms with Gasteiger partial charge in [0.15, 0.2) is 0 Å². The minimum Gasteiger partial charge on any atom is -0.465 e. The first-order valence-electron chi connectivity index (χ1n) is 15.7. The monoisotopic (exact) mass is 405 g/mol. The second-order valence-electron chi connectivity index (χ2n) is 7.36. The molecule has 154 valence electrons. The predicted molar refractivity (Wildman–Crippen MR) is 121 cm³/mol. The Morgan fingerprint density at radius 2 is 1.48 bits per heavy atom. The van der Waals surface area contributed by atoms with Gasteiger partial charge in [-0.15, -0.1) is 0 Å². The average Bonchev–Trinajstić information content (AvgIpc) is 3.23. The van der Waals surface area contributed by atoms with Gasteiger partial charge >= 0.3 is 5.97 Å². The van der Waals surface area contributed by atoms with Gasteiger partial charge < -0.3 is 14.5 Å². The van der Waals surface area contributed by atoms with Crippen LogP contribution in [0.1, 0.15) is 69.8 Å². The van der Waals surface area contributed by atoms with Crippen LogP contribution in [0.4, 0.5) is 11.4 Å². The van der Waals surface area contributed by atoms with Crippen LogP contribution in [-0.2, 0) is 4.74 Å². The van der Waals surface area contributed by atoms with E-state index in [2.05, 4.69) is 4.74 Å². The highest BCUT2D eigenvalue weighted by atomic mass is 16.5. The first-order chi connectivity index (χ1) is 18.9. The summed E-state index contributed by atoms with van der Waals surface area (Å²) in [5.74, 6) is -1.71. The fraction of sp³-hybridized carbons (Fsp3) is 0.400. The van der Waals surface area contributed by atoms with Crippen molar-refractivity contribution in [2.75, 3.05) is 16.8 Å². The first-order valence-corrected chi connectivity index (χ1v) is 9.16. The van der Waals surface area contributed by atoms with E-state index < -0.39 is 73.7 Å². The van der Waals surface area contributed by atoms with Crippen molar-refractivity contribution in [3.63, 3.8) is 0 Å². The molecule has 0 fully saturated rings. The molecule has 3 rings (SSSR count). The number of esters is 1. The fourth-order valence-electron chi connectivity index (χ4n) is 3.76. The molecule has 1 heterocycles. The lowest BCUT2D eigenvalue weighted by molar-refractivity contribution is 0.0600. The molecular weight excluding hydrogens is 360 g/mol. The Kier molecular flexibility index (Phi) is 2.69. The normalized spacial score (nSPS) is 23.9. The van der Waals surface area contributed by atoms with Gasteiger partial charge in [0.25, 0.3) is 0 Å². The standard InChI is InChI=1S/C25H32N2O2/c1-15(2)24-26(22-17(4)11-16(3)12-18(22)5)9-10-27(24)23-19(6)13-21(14-20(23)7)25(28)29-8/h9-15,24H,1-8H3/i4D3,5D3,8D3,11D,12D,13D,14D. The van der Waals surface area contributed by atoms with Crippen molar-refractivity contribution in [3.05, 3.63) is 70.0 Å². The number of nitrogens with zero attached hydrogens (tertiary/aromatic N) is 2. The van der Waals surface area contributed by atoms with Crippen molar-refractivity contribution in [3.8, 4) is 0 Å². The van der Waals surface area contributed by atoms with Crippen molar-refractivity contribution < 1.29 is 27.4 Å². The van der Waals surface area contributed by atoms with Crippen LogP contribution in [0.3, 0.4) is 0 Å². The maximum absolute atomic E-state index is 12.6. The second-order valence-corrected chi connectivity index (χ2v) is 7.36. The van der Waals surface area contributed by atoms with Crippen molar-refractivity contribution >= 4 is 17.3 Å². The molecule has 2 aromatic carbocycles. The van der Waals surface area contributed by atoms with Gasteiger partial charge in [0.2, 0.25) is 0 Å². The van der Waals surface area contributed by atoms with E-state index in [-0.39, 0.29) is 28.3 Å². The molecule has 1 unspecified atom stereocenters. The Labute approximate surface area is 193 Å². The minimum absolute atomic E-state index is 0.0824. The zero-order chi connectivity index (χ0) is 32.4. The molecule has 0 aliphatic carbocycles. The molecule has 0 amide bonds. The molecule has 0 bridgehead atoms. The molecule has 1 aliphatic rings. The topological polar surface area (TPSA) is 32.8 Å². The van der Waals surface area contributed by atoms with Crippen LogP contribution in [0.5, 0.6) is 0 Å². The van der Waals surface area contributed by atoms with E-state index in [4.69, 9.17) is 17.8 Å². The Morgan fingerprint density at radius 3 is 1.93 bits per heavy atom. The van der Waals surface area contributed by atoms with Crippen LogP contribution >= 0.6 is 0 Å². The molecule has 0 saturated heterocycles. The number of carbonyl (C=O) groups is 1. The van der Waals surface area contributed by atoms with Gasteiger partial charge in [-0.05, 0) is 74.7 Å². The Balaban J connectivity index is 2.34. The summed E-state index contributed by atoms with van der Waals surface area (Å²) in [4.78, 5) is 15.6. The maximum atomic E-state index is 12.6. The number of carbonyl (C=O) groups excluding carboxylic acids is 1. The van der Waals surface area contributed by atoms with Crippen LogP contribution in [0.25, 0.3) is 0 Å². The molecule has 0 aromatic heterocycles. The lowest BCUT2D eigenvalue weighted by Gasteiger charge is -2.38. The summed E-state index contributed by atoms with van der Waals surface area (Å²) < 4.78 is 110. The van der Waals surface area contributed by atoms with E-state index in [9.17, 15) is 4.79 Å².